The van der Waals surface area contributed by atoms with Crippen LogP contribution in [0.5, 0.6) is 0 Å². The van der Waals surface area contributed by atoms with Crippen LogP contribution in [-0.4, -0.2) is 12.1 Å². The average molecular weight is 197 g/mol. The SMILES string of the molecule is CCCCC(C)NC(C)C1CCCC1. The molecule has 1 N–H and O–H groups in total. The Kier molecular flexibility index (Phi) is 5.54. The molecule has 2 atom stereocenters. The molecule has 0 radical (unpaired) electrons. The third-order valence-corrected chi connectivity index (χ3v) is 3.65. The van der Waals surface area contributed by atoms with Crippen LogP contribution in [0, 0.1) is 5.92 Å². The van der Waals surface area contributed by atoms with Gasteiger partial charge in [-0.15, -0.1) is 0 Å². The molecule has 0 bridgehead atoms. The maximum atomic E-state index is 3.76. The Balaban J connectivity index is 2.14. The molecule has 0 amide bonds. The summed E-state index contributed by atoms with van der Waals surface area (Å²) in [6, 6.07) is 1.45. The van der Waals surface area contributed by atoms with E-state index in [1.165, 1.54) is 44.9 Å². The molecule has 0 spiro atoms. The van der Waals surface area contributed by atoms with E-state index >= 15 is 0 Å². The van der Waals surface area contributed by atoms with Gasteiger partial charge in [0, 0.05) is 12.1 Å². The maximum Gasteiger partial charge on any atom is 0.00694 e. The van der Waals surface area contributed by atoms with Gasteiger partial charge in [-0.05, 0) is 39.0 Å². The Morgan fingerprint density at radius 2 is 1.86 bits per heavy atom. The minimum absolute atomic E-state index is 0.713. The van der Waals surface area contributed by atoms with Gasteiger partial charge < -0.3 is 5.32 Å². The summed E-state index contributed by atoms with van der Waals surface area (Å²) in [6.07, 6.45) is 9.85. The van der Waals surface area contributed by atoms with E-state index in [1.54, 1.807) is 0 Å². The van der Waals surface area contributed by atoms with Gasteiger partial charge in [-0.2, -0.15) is 0 Å². The fourth-order valence-electron chi connectivity index (χ4n) is 2.64. The third kappa shape index (κ3) is 4.00. The minimum Gasteiger partial charge on any atom is -0.312 e. The van der Waals surface area contributed by atoms with Gasteiger partial charge in [0.25, 0.3) is 0 Å². The average Bonchev–Trinajstić information content (AvgIpc) is 2.67. The highest BCUT2D eigenvalue weighted by molar-refractivity contribution is 4.79. The van der Waals surface area contributed by atoms with Gasteiger partial charge in [-0.1, -0.05) is 32.6 Å². The van der Waals surface area contributed by atoms with Crippen molar-refractivity contribution in [3.05, 3.63) is 0 Å². The smallest absolute Gasteiger partial charge is 0.00694 e. The maximum absolute atomic E-state index is 3.76. The second kappa shape index (κ2) is 6.44. The Morgan fingerprint density at radius 1 is 1.21 bits per heavy atom. The summed E-state index contributed by atoms with van der Waals surface area (Å²) in [5, 5.41) is 3.76. The van der Waals surface area contributed by atoms with Crippen LogP contribution < -0.4 is 5.32 Å². The molecule has 1 nitrogen and oxygen atoms in total. The molecule has 0 aromatic rings. The molecule has 1 heteroatoms. The van der Waals surface area contributed by atoms with Crippen molar-refractivity contribution in [2.75, 3.05) is 0 Å². The van der Waals surface area contributed by atoms with Crippen LogP contribution >= 0.6 is 0 Å². The summed E-state index contributed by atoms with van der Waals surface area (Å²) in [5.74, 6) is 0.957. The van der Waals surface area contributed by atoms with E-state index in [4.69, 9.17) is 0 Å². The Labute approximate surface area is 89.7 Å². The van der Waals surface area contributed by atoms with Crippen molar-refractivity contribution >= 4 is 0 Å². The molecule has 0 aliphatic heterocycles. The fraction of sp³-hybridized carbons (Fsp3) is 1.00. The Hall–Kier alpha value is -0.0400. The van der Waals surface area contributed by atoms with Crippen molar-refractivity contribution in [3.63, 3.8) is 0 Å². The van der Waals surface area contributed by atoms with Crippen LogP contribution in [0.25, 0.3) is 0 Å². The number of hydrogen-bond acceptors (Lipinski definition) is 1. The second-order valence-corrected chi connectivity index (χ2v) is 5.04. The Bertz CT molecular complexity index is 138. The molecule has 1 rings (SSSR count). The highest BCUT2D eigenvalue weighted by Gasteiger charge is 2.21. The van der Waals surface area contributed by atoms with Crippen molar-refractivity contribution in [3.8, 4) is 0 Å². The van der Waals surface area contributed by atoms with Crippen molar-refractivity contribution in [2.45, 2.75) is 77.8 Å². The number of unbranched alkanes of at least 4 members (excludes halogenated alkanes) is 1. The highest BCUT2D eigenvalue weighted by atomic mass is 14.9. The number of hydrogen-bond donors (Lipinski definition) is 1. The largest absolute Gasteiger partial charge is 0.312 e. The molecule has 0 saturated heterocycles. The molecule has 0 aromatic heterocycles. The summed E-state index contributed by atoms with van der Waals surface area (Å²) in [5.41, 5.74) is 0. The summed E-state index contributed by atoms with van der Waals surface area (Å²) < 4.78 is 0. The zero-order valence-corrected chi connectivity index (χ0v) is 10.2. The predicted molar refractivity (Wildman–Crippen MR) is 63.5 cm³/mol. The molecule has 1 fully saturated rings. The van der Waals surface area contributed by atoms with E-state index in [9.17, 15) is 0 Å². The van der Waals surface area contributed by atoms with Crippen LogP contribution in [-0.2, 0) is 0 Å². The molecule has 1 saturated carbocycles. The lowest BCUT2D eigenvalue weighted by molar-refractivity contribution is 0.338. The molecular weight excluding hydrogens is 170 g/mol. The van der Waals surface area contributed by atoms with E-state index in [1.807, 2.05) is 0 Å². The van der Waals surface area contributed by atoms with Crippen LogP contribution in [0.3, 0.4) is 0 Å². The fourth-order valence-corrected chi connectivity index (χ4v) is 2.64. The topological polar surface area (TPSA) is 12.0 Å². The van der Waals surface area contributed by atoms with Crippen LogP contribution in [0.4, 0.5) is 0 Å². The summed E-state index contributed by atoms with van der Waals surface area (Å²) in [6.45, 7) is 6.98. The minimum atomic E-state index is 0.713. The monoisotopic (exact) mass is 197 g/mol. The summed E-state index contributed by atoms with van der Waals surface area (Å²) in [4.78, 5) is 0. The van der Waals surface area contributed by atoms with Gasteiger partial charge in [-0.3, -0.25) is 0 Å². The number of nitrogens with one attached hydrogen (secondary N) is 1. The van der Waals surface area contributed by atoms with Gasteiger partial charge in [0.1, 0.15) is 0 Å². The number of rotatable bonds is 6. The van der Waals surface area contributed by atoms with E-state index < -0.39 is 0 Å². The van der Waals surface area contributed by atoms with Gasteiger partial charge >= 0.3 is 0 Å². The molecule has 14 heavy (non-hydrogen) atoms. The standard InChI is InChI=1S/C13H27N/c1-4-5-8-11(2)14-12(3)13-9-6-7-10-13/h11-14H,4-10H2,1-3H3. The zero-order chi connectivity index (χ0) is 10.4. The lowest BCUT2D eigenvalue weighted by Gasteiger charge is -2.24. The molecule has 0 aromatic carbocycles. The summed E-state index contributed by atoms with van der Waals surface area (Å²) >= 11 is 0. The van der Waals surface area contributed by atoms with E-state index in [2.05, 4.69) is 26.1 Å². The van der Waals surface area contributed by atoms with E-state index in [0.717, 1.165) is 12.0 Å². The highest BCUT2D eigenvalue weighted by Crippen LogP contribution is 2.27. The lowest BCUT2D eigenvalue weighted by atomic mass is 9.98. The lowest BCUT2D eigenvalue weighted by Crippen LogP contribution is -2.38. The predicted octanol–water partition coefficient (Wildman–Crippen LogP) is 3.73. The normalized spacial score (nSPS) is 22.5. The molecule has 1 aliphatic carbocycles. The quantitative estimate of drug-likeness (QED) is 0.684. The molecule has 1 aliphatic rings. The van der Waals surface area contributed by atoms with Crippen LogP contribution in [0.2, 0.25) is 0 Å². The van der Waals surface area contributed by atoms with Gasteiger partial charge in [-0.25, -0.2) is 0 Å². The molecule has 0 heterocycles. The van der Waals surface area contributed by atoms with Gasteiger partial charge in [0.05, 0.1) is 0 Å². The van der Waals surface area contributed by atoms with Gasteiger partial charge in [0.2, 0.25) is 0 Å². The Morgan fingerprint density at radius 3 is 2.43 bits per heavy atom. The molecular formula is C13H27N. The zero-order valence-electron chi connectivity index (χ0n) is 10.2. The van der Waals surface area contributed by atoms with Crippen molar-refractivity contribution in [1.82, 2.24) is 5.32 Å². The third-order valence-electron chi connectivity index (χ3n) is 3.65. The summed E-state index contributed by atoms with van der Waals surface area (Å²) in [7, 11) is 0. The van der Waals surface area contributed by atoms with E-state index in [0.29, 0.717) is 6.04 Å². The van der Waals surface area contributed by atoms with Crippen LogP contribution in [0.1, 0.15) is 65.7 Å². The van der Waals surface area contributed by atoms with Crippen molar-refractivity contribution in [1.29, 1.82) is 0 Å². The second-order valence-electron chi connectivity index (χ2n) is 5.04. The van der Waals surface area contributed by atoms with Crippen LogP contribution in [0.15, 0.2) is 0 Å². The van der Waals surface area contributed by atoms with Crippen molar-refractivity contribution in [2.24, 2.45) is 5.92 Å². The van der Waals surface area contributed by atoms with Gasteiger partial charge in [0.15, 0.2) is 0 Å². The first-order valence-electron chi connectivity index (χ1n) is 6.50. The molecule has 2 unspecified atom stereocenters. The molecule has 84 valence electrons. The van der Waals surface area contributed by atoms with E-state index in [-0.39, 0.29) is 0 Å². The first-order valence-corrected chi connectivity index (χ1v) is 6.50. The first kappa shape index (κ1) is 12.0. The van der Waals surface area contributed by atoms with Crippen molar-refractivity contribution < 1.29 is 0 Å². The first-order chi connectivity index (χ1) is 6.74.